The van der Waals surface area contributed by atoms with E-state index >= 15 is 0 Å². The van der Waals surface area contributed by atoms with E-state index < -0.39 is 23.1 Å². The van der Waals surface area contributed by atoms with Crippen LogP contribution in [0.25, 0.3) is 10.8 Å². The van der Waals surface area contributed by atoms with E-state index in [1.54, 1.807) is 6.92 Å². The van der Waals surface area contributed by atoms with Gasteiger partial charge in [-0.1, -0.05) is 56.3 Å². The molecule has 0 aliphatic rings. The second-order valence-electron chi connectivity index (χ2n) is 7.96. The zero-order valence-corrected chi connectivity index (χ0v) is 18.7. The van der Waals surface area contributed by atoms with E-state index in [0.717, 1.165) is 20.9 Å². The fraction of sp³-hybridized carbons (Fsp3) is 0.333. The van der Waals surface area contributed by atoms with Crippen LogP contribution in [0.3, 0.4) is 0 Å². The maximum absolute atomic E-state index is 13.0. The van der Waals surface area contributed by atoms with Gasteiger partial charge in [0.15, 0.2) is 5.56 Å². The Morgan fingerprint density at radius 3 is 2.44 bits per heavy atom. The molecule has 0 saturated heterocycles. The Morgan fingerprint density at radius 1 is 1.06 bits per heavy atom. The maximum atomic E-state index is 13.0. The highest BCUT2D eigenvalue weighted by molar-refractivity contribution is 6.01. The molecular formula is C24H27N3O5. The lowest BCUT2D eigenvalue weighted by Gasteiger charge is -2.19. The van der Waals surface area contributed by atoms with Crippen LogP contribution in [-0.4, -0.2) is 27.6 Å². The fourth-order valence-corrected chi connectivity index (χ4v) is 3.62. The van der Waals surface area contributed by atoms with Gasteiger partial charge in [-0.05, 0) is 29.2 Å². The van der Waals surface area contributed by atoms with Crippen molar-refractivity contribution >= 4 is 28.5 Å². The number of esters is 1. The monoisotopic (exact) mass is 437 g/mol. The van der Waals surface area contributed by atoms with Crippen LogP contribution in [0.15, 0.2) is 52.1 Å². The normalized spacial score (nSPS) is 11.0. The molecule has 1 amide bonds. The average molecular weight is 437 g/mol. The van der Waals surface area contributed by atoms with Crippen LogP contribution < -0.4 is 16.6 Å². The summed E-state index contributed by atoms with van der Waals surface area (Å²) in [7, 11) is 1.30. The van der Waals surface area contributed by atoms with Crippen molar-refractivity contribution in [1.82, 2.24) is 9.13 Å². The Balaban J connectivity index is 2.08. The quantitative estimate of drug-likeness (QED) is 0.573. The molecule has 1 heterocycles. The van der Waals surface area contributed by atoms with Crippen LogP contribution in [0.4, 0.5) is 5.82 Å². The van der Waals surface area contributed by atoms with E-state index in [-0.39, 0.29) is 36.9 Å². The zero-order valence-electron chi connectivity index (χ0n) is 18.7. The Morgan fingerprint density at radius 2 is 1.75 bits per heavy atom. The van der Waals surface area contributed by atoms with E-state index in [4.69, 9.17) is 4.74 Å². The van der Waals surface area contributed by atoms with E-state index in [2.05, 4.69) is 5.32 Å². The van der Waals surface area contributed by atoms with Gasteiger partial charge in [-0.2, -0.15) is 0 Å². The molecule has 0 saturated carbocycles. The molecule has 8 nitrogen and oxygen atoms in total. The van der Waals surface area contributed by atoms with Crippen molar-refractivity contribution in [1.29, 1.82) is 0 Å². The first-order chi connectivity index (χ1) is 15.2. The summed E-state index contributed by atoms with van der Waals surface area (Å²) in [5.41, 5.74) is -0.994. The molecule has 2 aromatic carbocycles. The molecule has 3 aromatic rings. The number of benzene rings is 2. The zero-order chi connectivity index (χ0) is 23.4. The van der Waals surface area contributed by atoms with E-state index in [1.807, 2.05) is 56.3 Å². The van der Waals surface area contributed by atoms with Crippen LogP contribution in [0, 0.1) is 5.92 Å². The summed E-state index contributed by atoms with van der Waals surface area (Å²) in [6.07, 6.45) is 0.00863. The molecule has 0 radical (unpaired) electrons. The Labute approximate surface area is 185 Å². The molecule has 0 atom stereocenters. The first-order valence-corrected chi connectivity index (χ1v) is 10.5. The van der Waals surface area contributed by atoms with Gasteiger partial charge >= 0.3 is 11.7 Å². The molecule has 0 bridgehead atoms. The van der Waals surface area contributed by atoms with Gasteiger partial charge in [0.1, 0.15) is 5.82 Å². The summed E-state index contributed by atoms with van der Waals surface area (Å²) in [6.45, 7) is 5.66. The van der Waals surface area contributed by atoms with E-state index in [9.17, 15) is 19.2 Å². The predicted octanol–water partition coefficient (Wildman–Crippen LogP) is 2.71. The number of aromatic nitrogens is 2. The third kappa shape index (κ3) is 4.64. The average Bonchev–Trinajstić information content (AvgIpc) is 2.75. The van der Waals surface area contributed by atoms with Gasteiger partial charge < -0.3 is 10.1 Å². The molecule has 0 spiro atoms. The van der Waals surface area contributed by atoms with Crippen molar-refractivity contribution in [3.63, 3.8) is 0 Å². The highest BCUT2D eigenvalue weighted by atomic mass is 16.5. The summed E-state index contributed by atoms with van der Waals surface area (Å²) < 4.78 is 7.15. The molecule has 0 fully saturated rings. The molecule has 1 N–H and O–H groups in total. The van der Waals surface area contributed by atoms with Gasteiger partial charge in [0.05, 0.1) is 13.0 Å². The van der Waals surface area contributed by atoms with Crippen LogP contribution in [-0.2, 0) is 29.5 Å². The highest BCUT2D eigenvalue weighted by Gasteiger charge is 2.26. The van der Waals surface area contributed by atoms with Gasteiger partial charge in [-0.25, -0.2) is 9.59 Å². The largest absolute Gasteiger partial charge is 0.462 e. The summed E-state index contributed by atoms with van der Waals surface area (Å²) in [6, 6.07) is 13.4. The maximum Gasteiger partial charge on any atom is 0.347 e. The number of nitrogens with one attached hydrogen (secondary N) is 1. The second-order valence-corrected chi connectivity index (χ2v) is 7.96. The molecule has 0 aliphatic carbocycles. The predicted molar refractivity (Wildman–Crippen MR) is 123 cm³/mol. The third-order valence-corrected chi connectivity index (χ3v) is 5.06. The number of amides is 1. The first kappa shape index (κ1) is 23.0. The molecule has 168 valence electrons. The lowest BCUT2D eigenvalue weighted by molar-refractivity contribution is -0.115. The number of ether oxygens (including phenoxy) is 1. The number of nitrogens with zero attached hydrogens (tertiary/aromatic N) is 2. The minimum absolute atomic E-state index is 0.00863. The number of rotatable bonds is 7. The van der Waals surface area contributed by atoms with Crippen molar-refractivity contribution in [2.75, 3.05) is 11.9 Å². The number of anilines is 1. The minimum Gasteiger partial charge on any atom is -0.462 e. The lowest BCUT2D eigenvalue weighted by Crippen LogP contribution is -2.44. The van der Waals surface area contributed by atoms with Gasteiger partial charge in [-0.15, -0.1) is 0 Å². The third-order valence-electron chi connectivity index (χ3n) is 5.06. The molecule has 32 heavy (non-hydrogen) atoms. The SMILES string of the molecule is CCOC(=O)c1c(NC(=O)Cc2cccc3ccccc23)n(CC(C)C)c(=O)n(C)c1=O. The first-order valence-electron chi connectivity index (χ1n) is 10.5. The van der Waals surface area contributed by atoms with Gasteiger partial charge in [-0.3, -0.25) is 18.7 Å². The van der Waals surface area contributed by atoms with Crippen LogP contribution in [0.1, 0.15) is 36.7 Å². The second kappa shape index (κ2) is 9.64. The number of fused-ring (bicyclic) bond motifs is 1. The van der Waals surface area contributed by atoms with Crippen molar-refractivity contribution in [2.45, 2.75) is 33.7 Å². The van der Waals surface area contributed by atoms with E-state index in [1.165, 1.54) is 11.6 Å². The van der Waals surface area contributed by atoms with Crippen LogP contribution in [0.5, 0.6) is 0 Å². The van der Waals surface area contributed by atoms with Crippen molar-refractivity contribution in [3.05, 3.63) is 74.4 Å². The highest BCUT2D eigenvalue weighted by Crippen LogP contribution is 2.20. The molecule has 0 aliphatic heterocycles. The lowest BCUT2D eigenvalue weighted by atomic mass is 10.0. The standard InChI is InChI=1S/C24H27N3O5/c1-5-32-23(30)20-21(27(14-15(2)3)24(31)26(4)22(20)29)25-19(28)13-17-11-8-10-16-9-6-7-12-18(16)17/h6-12,15H,5,13-14H2,1-4H3,(H,25,28). The van der Waals surface area contributed by atoms with E-state index in [0.29, 0.717) is 0 Å². The molecular weight excluding hydrogens is 410 g/mol. The summed E-state index contributed by atoms with van der Waals surface area (Å²) in [5, 5.41) is 4.58. The minimum atomic E-state index is -0.883. The van der Waals surface area contributed by atoms with Crippen LogP contribution in [0.2, 0.25) is 0 Å². The number of carbonyl (C=O) groups is 2. The molecule has 0 unspecified atom stereocenters. The van der Waals surface area contributed by atoms with Crippen molar-refractivity contribution < 1.29 is 14.3 Å². The summed E-state index contributed by atoms with van der Waals surface area (Å²) >= 11 is 0. The summed E-state index contributed by atoms with van der Waals surface area (Å²) in [5.74, 6) is -1.44. The van der Waals surface area contributed by atoms with Crippen LogP contribution >= 0.6 is 0 Å². The topological polar surface area (TPSA) is 99.4 Å². The number of carbonyl (C=O) groups excluding carboxylic acids is 2. The Kier molecular flexibility index (Phi) is 6.92. The molecule has 8 heteroatoms. The van der Waals surface area contributed by atoms with Gasteiger partial charge in [0.2, 0.25) is 5.91 Å². The molecule has 3 rings (SSSR count). The number of hydrogen-bond acceptors (Lipinski definition) is 5. The van der Waals surface area contributed by atoms with Crippen molar-refractivity contribution in [2.24, 2.45) is 13.0 Å². The van der Waals surface area contributed by atoms with Crippen molar-refractivity contribution in [3.8, 4) is 0 Å². The van der Waals surface area contributed by atoms with Gasteiger partial charge in [0.25, 0.3) is 5.56 Å². The number of hydrogen-bond donors (Lipinski definition) is 1. The Bertz CT molecular complexity index is 1280. The molecule has 1 aromatic heterocycles. The Hall–Kier alpha value is -3.68. The summed E-state index contributed by atoms with van der Waals surface area (Å²) in [4.78, 5) is 51.2. The smallest absolute Gasteiger partial charge is 0.347 e. The van der Waals surface area contributed by atoms with Gasteiger partial charge in [0, 0.05) is 13.6 Å². The fourth-order valence-electron chi connectivity index (χ4n) is 3.62.